The van der Waals surface area contributed by atoms with E-state index in [2.05, 4.69) is 12.1 Å². The molecule has 0 spiro atoms. The van der Waals surface area contributed by atoms with Crippen LogP contribution in [0.2, 0.25) is 0 Å². The van der Waals surface area contributed by atoms with Crippen LogP contribution in [-0.4, -0.2) is 15.9 Å². The van der Waals surface area contributed by atoms with E-state index < -0.39 is 16.7 Å². The minimum Gasteiger partial charge on any atom is -0.369 e. The lowest BCUT2D eigenvalue weighted by molar-refractivity contribution is -0.115. The molecule has 2 aromatic rings. The van der Waals surface area contributed by atoms with Crippen molar-refractivity contribution in [2.24, 2.45) is 5.73 Å². The molecule has 2 aromatic carbocycles. The van der Waals surface area contributed by atoms with Crippen molar-refractivity contribution >= 4 is 16.7 Å². The van der Waals surface area contributed by atoms with Gasteiger partial charge in [0, 0.05) is 10.8 Å². The first-order valence-corrected chi connectivity index (χ1v) is 8.36. The molecule has 1 atom stereocenters. The Hall–Kier alpha value is -1.94. The Balaban J connectivity index is 2.15. The van der Waals surface area contributed by atoms with Gasteiger partial charge in [0.15, 0.2) is 0 Å². The van der Waals surface area contributed by atoms with E-state index >= 15 is 0 Å². The molecule has 3 nitrogen and oxygen atoms in total. The molecule has 0 bridgehead atoms. The van der Waals surface area contributed by atoms with Crippen molar-refractivity contribution in [1.29, 1.82) is 0 Å². The number of benzene rings is 2. The van der Waals surface area contributed by atoms with E-state index in [0.29, 0.717) is 0 Å². The maximum absolute atomic E-state index is 12.7. The molecule has 4 heteroatoms. The molecule has 1 amide bonds. The number of carbonyl (C=O) groups is 1. The molecule has 0 saturated heterocycles. The fourth-order valence-corrected chi connectivity index (χ4v) is 4.45. The van der Waals surface area contributed by atoms with Crippen LogP contribution in [0.1, 0.15) is 27.5 Å². The van der Waals surface area contributed by atoms with Crippen molar-refractivity contribution in [3.63, 3.8) is 0 Å². The largest absolute Gasteiger partial charge is 0.369 e. The quantitative estimate of drug-likeness (QED) is 0.943. The van der Waals surface area contributed by atoms with Gasteiger partial charge in [0.05, 0.1) is 5.25 Å². The number of fused-ring (bicyclic) bond motifs is 2. The summed E-state index contributed by atoms with van der Waals surface area (Å²) < 4.78 is 12.7. The molecule has 0 aromatic heterocycles. The Bertz CT molecular complexity index is 664. The highest BCUT2D eigenvalue weighted by atomic mass is 32.2. The Morgan fingerprint density at radius 2 is 1.48 bits per heavy atom. The van der Waals surface area contributed by atoms with Gasteiger partial charge in [0.2, 0.25) is 5.91 Å². The summed E-state index contributed by atoms with van der Waals surface area (Å²) in [6.07, 6.45) is 1.86. The number of carbonyl (C=O) groups excluding carboxylic acids is 1. The SMILES string of the molecule is NC(=O)CS(=O)C1c2ccccc2CCc2ccccc21. The van der Waals surface area contributed by atoms with E-state index in [-0.39, 0.29) is 11.0 Å². The zero-order valence-corrected chi connectivity index (χ0v) is 12.4. The zero-order valence-electron chi connectivity index (χ0n) is 11.6. The molecule has 1 unspecified atom stereocenters. The van der Waals surface area contributed by atoms with Crippen LogP contribution in [0.15, 0.2) is 48.5 Å². The third kappa shape index (κ3) is 2.76. The Morgan fingerprint density at radius 1 is 1.00 bits per heavy atom. The molecule has 21 heavy (non-hydrogen) atoms. The molecule has 0 saturated carbocycles. The maximum Gasteiger partial charge on any atom is 0.230 e. The van der Waals surface area contributed by atoms with E-state index in [9.17, 15) is 9.00 Å². The molecule has 1 aliphatic carbocycles. The second-order valence-electron chi connectivity index (χ2n) is 5.27. The summed E-state index contributed by atoms with van der Waals surface area (Å²) in [6, 6.07) is 16.1. The zero-order chi connectivity index (χ0) is 14.8. The van der Waals surface area contributed by atoms with Crippen LogP contribution in [0.5, 0.6) is 0 Å². The summed E-state index contributed by atoms with van der Waals surface area (Å²) >= 11 is 0. The van der Waals surface area contributed by atoms with E-state index in [1.54, 1.807) is 0 Å². The van der Waals surface area contributed by atoms with E-state index in [1.807, 2.05) is 36.4 Å². The van der Waals surface area contributed by atoms with Gasteiger partial charge in [-0.1, -0.05) is 48.5 Å². The van der Waals surface area contributed by atoms with Gasteiger partial charge in [0.1, 0.15) is 5.75 Å². The van der Waals surface area contributed by atoms with Crippen molar-refractivity contribution in [1.82, 2.24) is 0 Å². The predicted octanol–water partition coefficient (Wildman–Crippen LogP) is 2.11. The Morgan fingerprint density at radius 3 is 1.95 bits per heavy atom. The third-order valence-electron chi connectivity index (χ3n) is 3.89. The van der Waals surface area contributed by atoms with Crippen LogP contribution in [-0.2, 0) is 28.4 Å². The van der Waals surface area contributed by atoms with Crippen LogP contribution in [0.3, 0.4) is 0 Å². The second kappa shape index (κ2) is 5.82. The Labute approximate surface area is 126 Å². The van der Waals surface area contributed by atoms with Gasteiger partial charge in [-0.25, -0.2) is 0 Å². The minimum absolute atomic E-state index is 0.104. The normalized spacial score (nSPS) is 15.6. The standard InChI is InChI=1S/C17H17NO2S/c18-16(19)11-21(20)17-14-7-3-1-5-12(14)9-10-13-6-2-4-8-15(13)17/h1-8,17H,9-11H2,(H2,18,19). The number of aryl methyl sites for hydroxylation is 2. The first-order valence-electron chi connectivity index (χ1n) is 6.98. The summed E-state index contributed by atoms with van der Waals surface area (Å²) in [6.45, 7) is 0. The molecule has 108 valence electrons. The highest BCUT2D eigenvalue weighted by molar-refractivity contribution is 7.86. The molecular formula is C17H17NO2S. The van der Waals surface area contributed by atoms with Gasteiger partial charge in [-0.2, -0.15) is 0 Å². The van der Waals surface area contributed by atoms with Gasteiger partial charge in [-0.05, 0) is 35.1 Å². The molecular weight excluding hydrogens is 282 g/mol. The van der Waals surface area contributed by atoms with Gasteiger partial charge in [-0.15, -0.1) is 0 Å². The number of primary amides is 1. The average Bonchev–Trinajstić information content (AvgIpc) is 2.63. The number of hydrogen-bond donors (Lipinski definition) is 1. The van der Waals surface area contributed by atoms with Gasteiger partial charge < -0.3 is 5.73 Å². The molecule has 3 rings (SSSR count). The van der Waals surface area contributed by atoms with Gasteiger partial charge in [-0.3, -0.25) is 9.00 Å². The highest BCUT2D eigenvalue weighted by Crippen LogP contribution is 2.36. The summed E-state index contributed by atoms with van der Waals surface area (Å²) in [5.41, 5.74) is 9.77. The van der Waals surface area contributed by atoms with E-state index in [0.717, 1.165) is 24.0 Å². The van der Waals surface area contributed by atoms with Gasteiger partial charge >= 0.3 is 0 Å². The van der Waals surface area contributed by atoms with Crippen molar-refractivity contribution < 1.29 is 9.00 Å². The lowest BCUT2D eigenvalue weighted by Gasteiger charge is -2.19. The molecule has 0 fully saturated rings. The molecule has 0 heterocycles. The monoisotopic (exact) mass is 299 g/mol. The molecule has 0 radical (unpaired) electrons. The fraction of sp³-hybridized carbons (Fsp3) is 0.235. The highest BCUT2D eigenvalue weighted by Gasteiger charge is 2.28. The van der Waals surface area contributed by atoms with Crippen LogP contribution in [0, 0.1) is 0 Å². The summed E-state index contributed by atoms with van der Waals surface area (Å²) in [7, 11) is -1.34. The summed E-state index contributed by atoms with van der Waals surface area (Å²) in [4.78, 5) is 11.2. The minimum atomic E-state index is -1.34. The van der Waals surface area contributed by atoms with Crippen LogP contribution in [0.25, 0.3) is 0 Å². The van der Waals surface area contributed by atoms with Crippen molar-refractivity contribution in [2.75, 3.05) is 5.75 Å². The second-order valence-corrected chi connectivity index (χ2v) is 6.79. The lowest BCUT2D eigenvalue weighted by Crippen LogP contribution is -2.23. The van der Waals surface area contributed by atoms with Crippen LogP contribution < -0.4 is 5.73 Å². The number of rotatable bonds is 3. The first-order chi connectivity index (χ1) is 10.2. The predicted molar refractivity (Wildman–Crippen MR) is 84.3 cm³/mol. The van der Waals surface area contributed by atoms with Crippen molar-refractivity contribution in [3.8, 4) is 0 Å². The Kier molecular flexibility index (Phi) is 3.88. The van der Waals surface area contributed by atoms with E-state index in [4.69, 9.17) is 5.73 Å². The maximum atomic E-state index is 12.7. The first kappa shape index (κ1) is 14.0. The fourth-order valence-electron chi connectivity index (χ4n) is 2.98. The molecule has 0 aliphatic heterocycles. The number of amides is 1. The number of nitrogens with two attached hydrogens (primary N) is 1. The third-order valence-corrected chi connectivity index (χ3v) is 5.49. The van der Waals surface area contributed by atoms with Crippen LogP contribution >= 0.6 is 0 Å². The van der Waals surface area contributed by atoms with Crippen molar-refractivity contribution in [3.05, 3.63) is 70.8 Å². The molecule has 1 aliphatic rings. The topological polar surface area (TPSA) is 60.2 Å². The average molecular weight is 299 g/mol. The van der Waals surface area contributed by atoms with Crippen molar-refractivity contribution in [2.45, 2.75) is 18.1 Å². The smallest absolute Gasteiger partial charge is 0.230 e. The summed E-state index contributed by atoms with van der Waals surface area (Å²) in [5.74, 6) is -0.625. The molecule has 2 N–H and O–H groups in total. The van der Waals surface area contributed by atoms with E-state index in [1.165, 1.54) is 11.1 Å². The van der Waals surface area contributed by atoms with Gasteiger partial charge in [0.25, 0.3) is 0 Å². The summed E-state index contributed by atoms with van der Waals surface area (Å²) in [5, 5.41) is -0.271. The lowest BCUT2D eigenvalue weighted by atomic mass is 10.00. The van der Waals surface area contributed by atoms with Crippen LogP contribution in [0.4, 0.5) is 0 Å². The number of hydrogen-bond acceptors (Lipinski definition) is 2.